The van der Waals surface area contributed by atoms with Gasteiger partial charge in [-0.05, 0) is 87.7 Å². The van der Waals surface area contributed by atoms with E-state index in [9.17, 15) is 34.8 Å². The summed E-state index contributed by atoms with van der Waals surface area (Å²) in [4.78, 5) is 41.8. The molecule has 0 aromatic heterocycles. The zero-order valence-electron chi connectivity index (χ0n) is 35.4. The SMILES string of the molecule is CN(C(=O)OC(C)(C)C)[C@@H]1C(O)[C@@H](OC2C(O)C(OC3=CCC[C@@H](CN(C[C@@H]4COC(C)(C)O4)C(=O)OC(C)(C)C)O3)[C@@H](N)C[C@H]2NC(=O)[C@@H](O)CN)OCC1(C)O. The molecule has 20 nitrogen and oxygen atoms in total. The van der Waals surface area contributed by atoms with Crippen LogP contribution in [0.2, 0.25) is 0 Å². The number of hydrogen-bond donors (Lipinski definition) is 7. The first kappa shape index (κ1) is 47.6. The normalized spacial score (nSPS) is 34.5. The van der Waals surface area contributed by atoms with Crippen molar-refractivity contribution in [3.05, 3.63) is 12.0 Å². The maximum Gasteiger partial charge on any atom is 0.410 e. The molecule has 0 bridgehead atoms. The van der Waals surface area contributed by atoms with Crippen molar-refractivity contribution < 1.29 is 72.7 Å². The van der Waals surface area contributed by atoms with Gasteiger partial charge < -0.3 is 84.9 Å². The average molecular weight is 834 g/mol. The van der Waals surface area contributed by atoms with Gasteiger partial charge in [0.25, 0.3) is 5.95 Å². The molecule has 4 aliphatic rings. The van der Waals surface area contributed by atoms with E-state index in [2.05, 4.69) is 5.32 Å². The van der Waals surface area contributed by atoms with Gasteiger partial charge in [0.05, 0.1) is 38.4 Å². The van der Waals surface area contributed by atoms with Crippen molar-refractivity contribution in [1.29, 1.82) is 0 Å². The van der Waals surface area contributed by atoms with E-state index in [1.165, 1.54) is 18.9 Å². The van der Waals surface area contributed by atoms with Crippen LogP contribution < -0.4 is 16.8 Å². The largest absolute Gasteiger partial charge is 0.460 e. The van der Waals surface area contributed by atoms with Crippen molar-refractivity contribution in [3.63, 3.8) is 0 Å². The van der Waals surface area contributed by atoms with Gasteiger partial charge in [0.2, 0.25) is 5.91 Å². The minimum atomic E-state index is -1.77. The van der Waals surface area contributed by atoms with Crippen molar-refractivity contribution in [3.8, 4) is 0 Å². The lowest BCUT2D eigenvalue weighted by Crippen LogP contribution is -2.70. The van der Waals surface area contributed by atoms with Crippen LogP contribution in [0.15, 0.2) is 12.0 Å². The molecule has 4 rings (SSSR count). The number of rotatable bonds is 12. The lowest BCUT2D eigenvalue weighted by Gasteiger charge is -2.50. The molecule has 2 saturated heterocycles. The number of aliphatic hydroxyl groups excluding tert-OH is 3. The van der Waals surface area contributed by atoms with Crippen LogP contribution in [0, 0.1) is 0 Å². The number of nitrogens with one attached hydrogen (secondary N) is 1. The molecule has 58 heavy (non-hydrogen) atoms. The lowest BCUT2D eigenvalue weighted by atomic mass is 9.83. The topological polar surface area (TPSA) is 277 Å². The minimum Gasteiger partial charge on any atom is -0.460 e. The maximum atomic E-state index is 13.4. The molecule has 334 valence electrons. The van der Waals surface area contributed by atoms with Crippen molar-refractivity contribution in [2.24, 2.45) is 11.5 Å². The summed E-state index contributed by atoms with van der Waals surface area (Å²) in [5.74, 6) is -1.63. The van der Waals surface area contributed by atoms with Gasteiger partial charge in [0.1, 0.15) is 59.5 Å². The number of amides is 3. The number of aliphatic hydroxyl groups is 4. The predicted molar refractivity (Wildman–Crippen MR) is 204 cm³/mol. The van der Waals surface area contributed by atoms with E-state index >= 15 is 0 Å². The summed E-state index contributed by atoms with van der Waals surface area (Å²) in [7, 11) is 1.35. The molecule has 1 aliphatic carbocycles. The second kappa shape index (κ2) is 18.7. The van der Waals surface area contributed by atoms with Gasteiger partial charge in [0, 0.05) is 19.6 Å². The molecular weight excluding hydrogens is 766 g/mol. The van der Waals surface area contributed by atoms with Crippen molar-refractivity contribution in [2.45, 2.75) is 171 Å². The Bertz CT molecular complexity index is 1450. The highest BCUT2D eigenvalue weighted by Crippen LogP contribution is 2.34. The molecule has 3 heterocycles. The van der Waals surface area contributed by atoms with E-state index in [0.717, 1.165) is 4.90 Å². The number of ether oxygens (including phenoxy) is 8. The zero-order valence-corrected chi connectivity index (χ0v) is 35.4. The Balaban J connectivity index is 1.53. The molecule has 9 N–H and O–H groups in total. The maximum absolute atomic E-state index is 13.4. The highest BCUT2D eigenvalue weighted by molar-refractivity contribution is 5.81. The standard InChI is InChI=1S/C38H67N5O15/c1-35(2,3)57-33(48)42(10)30-27(46)32(51-19-38(30,9)50)55-29-23(41-31(47)24(44)15-39)14-22(40)28(26(29)45)54-25-13-11-12-20(53-25)16-43(34(49)58-36(4,5)6)17-21-18-52-37(7,8)56-21/h13,20-24,26-30,32,44-46,50H,11-12,14-19,39-40H2,1-10H3,(H,41,47)/t20-,21+,22-,23+,24-,26?,27?,28?,29?,30+,32+,38?/m0/s1. The van der Waals surface area contributed by atoms with Crippen LogP contribution in [0.4, 0.5) is 9.59 Å². The number of nitrogens with zero attached hydrogens (tertiary/aromatic N) is 2. The number of allylic oxidation sites excluding steroid dienone is 1. The van der Waals surface area contributed by atoms with Crippen molar-refractivity contribution in [1.82, 2.24) is 15.1 Å². The molecule has 0 radical (unpaired) electrons. The molecule has 1 saturated carbocycles. The summed E-state index contributed by atoms with van der Waals surface area (Å²) in [6.07, 6.45) is -8.79. The van der Waals surface area contributed by atoms with Gasteiger partial charge in [-0.3, -0.25) is 4.79 Å². The molecule has 0 aromatic rings. The van der Waals surface area contributed by atoms with Crippen molar-refractivity contribution in [2.75, 3.05) is 39.9 Å². The fourth-order valence-corrected chi connectivity index (χ4v) is 7.31. The van der Waals surface area contributed by atoms with Crippen LogP contribution in [0.3, 0.4) is 0 Å². The lowest BCUT2D eigenvalue weighted by molar-refractivity contribution is -0.306. The Morgan fingerprint density at radius 3 is 2.21 bits per heavy atom. The predicted octanol–water partition coefficient (Wildman–Crippen LogP) is -0.234. The third-order valence-electron chi connectivity index (χ3n) is 9.94. The molecule has 3 amide bonds. The Morgan fingerprint density at radius 1 is 1.00 bits per heavy atom. The second-order valence-electron chi connectivity index (χ2n) is 18.2. The van der Waals surface area contributed by atoms with Gasteiger partial charge in [0.15, 0.2) is 12.1 Å². The molecule has 5 unspecified atom stereocenters. The van der Waals surface area contributed by atoms with Gasteiger partial charge >= 0.3 is 12.2 Å². The zero-order chi connectivity index (χ0) is 43.5. The fourth-order valence-electron chi connectivity index (χ4n) is 7.31. The van der Waals surface area contributed by atoms with E-state index in [-0.39, 0.29) is 38.6 Å². The summed E-state index contributed by atoms with van der Waals surface area (Å²) in [5, 5.41) is 47.5. The molecule has 0 aromatic carbocycles. The number of nitrogens with two attached hydrogens (primary N) is 2. The number of carbonyl (C=O) groups is 3. The first-order chi connectivity index (χ1) is 26.7. The van der Waals surface area contributed by atoms with Crippen LogP contribution in [0.25, 0.3) is 0 Å². The Hall–Kier alpha value is -3.05. The molecule has 0 spiro atoms. The smallest absolute Gasteiger partial charge is 0.410 e. The third kappa shape index (κ3) is 12.7. The Kier molecular flexibility index (Phi) is 15.4. The molecule has 3 aliphatic heterocycles. The highest BCUT2D eigenvalue weighted by atomic mass is 16.7. The van der Waals surface area contributed by atoms with Gasteiger partial charge in [-0.1, -0.05) is 0 Å². The fraction of sp³-hybridized carbons (Fsp3) is 0.868. The molecule has 3 fully saturated rings. The number of carbonyl (C=O) groups excluding carboxylic acids is 3. The first-order valence-corrected chi connectivity index (χ1v) is 19.8. The third-order valence-corrected chi connectivity index (χ3v) is 9.94. The van der Waals surface area contributed by atoms with E-state index in [4.69, 9.17) is 49.4 Å². The van der Waals surface area contributed by atoms with E-state index in [0.29, 0.717) is 12.8 Å². The first-order valence-electron chi connectivity index (χ1n) is 19.8. The van der Waals surface area contributed by atoms with Gasteiger partial charge in [-0.2, -0.15) is 0 Å². The molecule has 20 heteroatoms. The summed E-state index contributed by atoms with van der Waals surface area (Å²) < 4.78 is 47.2. The van der Waals surface area contributed by atoms with Crippen LogP contribution in [-0.4, -0.2) is 178 Å². The quantitative estimate of drug-likeness (QED) is 0.134. The summed E-state index contributed by atoms with van der Waals surface area (Å²) in [6, 6.07) is -3.31. The monoisotopic (exact) mass is 833 g/mol. The molecule has 12 atom stereocenters. The summed E-state index contributed by atoms with van der Waals surface area (Å²) in [5.41, 5.74) is 8.67. The molecular formula is C38H67N5O15. The summed E-state index contributed by atoms with van der Waals surface area (Å²) in [6.45, 7) is 15.0. The number of hydrogen-bond acceptors (Lipinski definition) is 17. The van der Waals surface area contributed by atoms with E-state index < -0.39 is 114 Å². The highest BCUT2D eigenvalue weighted by Gasteiger charge is 2.54. The van der Waals surface area contributed by atoms with Crippen LogP contribution in [0.5, 0.6) is 0 Å². The Morgan fingerprint density at radius 2 is 1.62 bits per heavy atom. The second-order valence-corrected chi connectivity index (χ2v) is 18.2. The van der Waals surface area contributed by atoms with Crippen LogP contribution >= 0.6 is 0 Å². The van der Waals surface area contributed by atoms with Gasteiger partial charge in [-0.15, -0.1) is 0 Å². The van der Waals surface area contributed by atoms with Crippen LogP contribution in [0.1, 0.15) is 81.6 Å². The summed E-state index contributed by atoms with van der Waals surface area (Å²) >= 11 is 0. The number of likely N-dealkylation sites (N-methyl/N-ethyl adjacent to an activating group) is 1. The van der Waals surface area contributed by atoms with Crippen LogP contribution in [-0.2, 0) is 42.7 Å². The average Bonchev–Trinajstić information content (AvgIpc) is 3.44. The minimum absolute atomic E-state index is 0.0327. The van der Waals surface area contributed by atoms with E-state index in [1.807, 2.05) is 0 Å². The van der Waals surface area contributed by atoms with E-state index in [1.54, 1.807) is 61.5 Å². The van der Waals surface area contributed by atoms with Crippen molar-refractivity contribution >= 4 is 18.1 Å². The van der Waals surface area contributed by atoms with Gasteiger partial charge in [-0.25, -0.2) is 9.59 Å². The Labute approximate surface area is 340 Å².